The lowest BCUT2D eigenvalue weighted by atomic mass is 10.2. The third-order valence-electron chi connectivity index (χ3n) is 2.20. The van der Waals surface area contributed by atoms with Gasteiger partial charge in [-0.05, 0) is 12.1 Å². The summed E-state index contributed by atoms with van der Waals surface area (Å²) in [5.74, 6) is -3.44. The SMILES string of the molecule is O=C(O)C=C(Nc1ccc2[nH]c(=O)oc2c1)C(=O)O. The number of nitrogens with one attached hydrogen (secondary N) is 2. The van der Waals surface area contributed by atoms with Crippen LogP contribution in [0.15, 0.2) is 39.2 Å². The first-order valence-electron chi connectivity index (χ1n) is 5.03. The molecule has 0 aliphatic carbocycles. The maximum absolute atomic E-state index is 11.0. The summed E-state index contributed by atoms with van der Waals surface area (Å²) in [5.41, 5.74) is 0.458. The zero-order chi connectivity index (χ0) is 14.0. The topological polar surface area (TPSA) is 133 Å². The van der Waals surface area contributed by atoms with Crippen LogP contribution in [0.3, 0.4) is 0 Å². The number of rotatable bonds is 4. The fourth-order valence-electron chi connectivity index (χ4n) is 1.45. The fourth-order valence-corrected chi connectivity index (χ4v) is 1.45. The molecule has 1 aromatic carbocycles. The van der Waals surface area contributed by atoms with Crippen molar-refractivity contribution in [2.75, 3.05) is 5.32 Å². The van der Waals surface area contributed by atoms with E-state index in [1.54, 1.807) is 0 Å². The molecule has 0 saturated carbocycles. The Morgan fingerprint density at radius 2 is 2.05 bits per heavy atom. The molecule has 8 heteroatoms. The predicted octanol–water partition coefficient (Wildman–Crippen LogP) is 0.586. The Morgan fingerprint density at radius 1 is 1.32 bits per heavy atom. The monoisotopic (exact) mass is 264 g/mol. The van der Waals surface area contributed by atoms with Crippen LogP contribution in [0.25, 0.3) is 11.1 Å². The molecule has 0 atom stereocenters. The minimum Gasteiger partial charge on any atom is -0.478 e. The van der Waals surface area contributed by atoms with Crippen molar-refractivity contribution in [3.8, 4) is 0 Å². The van der Waals surface area contributed by atoms with Crippen molar-refractivity contribution in [1.82, 2.24) is 4.98 Å². The maximum Gasteiger partial charge on any atom is 0.417 e. The highest BCUT2D eigenvalue weighted by Gasteiger charge is 2.11. The van der Waals surface area contributed by atoms with Gasteiger partial charge >= 0.3 is 17.7 Å². The van der Waals surface area contributed by atoms with Crippen LogP contribution in [0.2, 0.25) is 0 Å². The van der Waals surface area contributed by atoms with Gasteiger partial charge in [-0.2, -0.15) is 0 Å². The zero-order valence-corrected chi connectivity index (χ0v) is 9.34. The lowest BCUT2D eigenvalue weighted by Crippen LogP contribution is -2.12. The first-order chi connectivity index (χ1) is 8.95. The molecule has 0 unspecified atom stereocenters. The number of aliphatic carboxylic acids is 2. The summed E-state index contributed by atoms with van der Waals surface area (Å²) in [6, 6.07) is 4.36. The number of benzene rings is 1. The number of carboxylic acid groups (broad SMARTS) is 2. The molecule has 0 aliphatic rings. The fraction of sp³-hybridized carbons (Fsp3) is 0. The van der Waals surface area contributed by atoms with E-state index >= 15 is 0 Å². The molecular weight excluding hydrogens is 256 g/mol. The van der Waals surface area contributed by atoms with Gasteiger partial charge in [-0.1, -0.05) is 0 Å². The minimum absolute atomic E-state index is 0.232. The number of carboxylic acids is 2. The van der Waals surface area contributed by atoms with Crippen molar-refractivity contribution >= 4 is 28.7 Å². The van der Waals surface area contributed by atoms with Gasteiger partial charge in [0.25, 0.3) is 0 Å². The third kappa shape index (κ3) is 2.80. The van der Waals surface area contributed by atoms with E-state index in [2.05, 4.69) is 10.3 Å². The molecule has 8 nitrogen and oxygen atoms in total. The summed E-state index contributed by atoms with van der Waals surface area (Å²) in [6.45, 7) is 0. The highest BCUT2D eigenvalue weighted by molar-refractivity contribution is 5.97. The van der Waals surface area contributed by atoms with Gasteiger partial charge < -0.3 is 19.9 Å². The molecule has 0 bridgehead atoms. The number of fused-ring (bicyclic) bond motifs is 1. The second-order valence-corrected chi connectivity index (χ2v) is 3.55. The first kappa shape index (κ1) is 12.4. The van der Waals surface area contributed by atoms with Crippen LogP contribution in [0.5, 0.6) is 0 Å². The number of hydrogen-bond donors (Lipinski definition) is 4. The molecule has 0 fully saturated rings. The highest BCUT2D eigenvalue weighted by Crippen LogP contribution is 2.17. The standard InChI is InChI=1S/C11H8N2O6/c14-9(15)4-7(10(16)17)12-5-1-2-6-8(3-5)19-11(18)13-6/h1-4,12H,(H,13,18)(H,14,15)(H,16,17). The highest BCUT2D eigenvalue weighted by atomic mass is 16.4. The molecule has 0 radical (unpaired) electrons. The van der Waals surface area contributed by atoms with E-state index in [1.165, 1.54) is 18.2 Å². The van der Waals surface area contributed by atoms with Crippen LogP contribution in [0.4, 0.5) is 5.69 Å². The second-order valence-electron chi connectivity index (χ2n) is 3.55. The van der Waals surface area contributed by atoms with Crippen LogP contribution < -0.4 is 11.1 Å². The second kappa shape index (κ2) is 4.69. The lowest BCUT2D eigenvalue weighted by Gasteiger charge is -2.05. The number of anilines is 1. The minimum atomic E-state index is -1.42. The Balaban J connectivity index is 2.36. The smallest absolute Gasteiger partial charge is 0.417 e. The summed E-state index contributed by atoms with van der Waals surface area (Å²) < 4.78 is 4.80. The predicted molar refractivity (Wildman–Crippen MR) is 63.8 cm³/mol. The van der Waals surface area contributed by atoms with Crippen molar-refractivity contribution in [1.29, 1.82) is 0 Å². The van der Waals surface area contributed by atoms with E-state index in [9.17, 15) is 14.4 Å². The number of oxazole rings is 1. The quantitative estimate of drug-likeness (QED) is 0.594. The molecular formula is C11H8N2O6. The molecule has 2 aromatic rings. The number of aromatic amines is 1. The molecule has 2 rings (SSSR count). The lowest BCUT2D eigenvalue weighted by molar-refractivity contribution is -0.134. The van der Waals surface area contributed by atoms with Crippen LogP contribution in [0, 0.1) is 0 Å². The molecule has 0 aliphatic heterocycles. The van der Waals surface area contributed by atoms with Gasteiger partial charge in [-0.3, -0.25) is 4.98 Å². The number of hydrogen-bond acceptors (Lipinski definition) is 5. The average molecular weight is 264 g/mol. The summed E-state index contributed by atoms with van der Waals surface area (Å²) in [4.78, 5) is 34.7. The van der Waals surface area contributed by atoms with Crippen molar-refractivity contribution in [3.05, 3.63) is 40.5 Å². The largest absolute Gasteiger partial charge is 0.478 e. The van der Waals surface area contributed by atoms with E-state index in [1.807, 2.05) is 0 Å². The van der Waals surface area contributed by atoms with E-state index in [4.69, 9.17) is 14.6 Å². The van der Waals surface area contributed by atoms with Gasteiger partial charge in [0.15, 0.2) is 5.58 Å². The Bertz CT molecular complexity index is 739. The number of H-pyrrole nitrogens is 1. The normalized spacial score (nSPS) is 11.5. The van der Waals surface area contributed by atoms with E-state index in [0.717, 1.165) is 0 Å². The van der Waals surface area contributed by atoms with Crippen LogP contribution >= 0.6 is 0 Å². The van der Waals surface area contributed by atoms with Crippen LogP contribution in [-0.2, 0) is 9.59 Å². The van der Waals surface area contributed by atoms with Crippen LogP contribution in [0.1, 0.15) is 0 Å². The molecule has 19 heavy (non-hydrogen) atoms. The Kier molecular flexibility index (Phi) is 3.06. The van der Waals surface area contributed by atoms with Crippen molar-refractivity contribution in [2.24, 2.45) is 0 Å². The van der Waals surface area contributed by atoms with Gasteiger partial charge in [-0.25, -0.2) is 14.4 Å². The average Bonchev–Trinajstić information content (AvgIpc) is 2.66. The first-order valence-corrected chi connectivity index (χ1v) is 5.03. The zero-order valence-electron chi connectivity index (χ0n) is 9.34. The molecule has 98 valence electrons. The van der Waals surface area contributed by atoms with E-state index in [-0.39, 0.29) is 11.3 Å². The molecule has 1 aromatic heterocycles. The van der Waals surface area contributed by atoms with Gasteiger partial charge in [-0.15, -0.1) is 0 Å². The van der Waals surface area contributed by atoms with Gasteiger partial charge in [0.1, 0.15) is 5.70 Å². The number of carbonyl (C=O) groups is 2. The third-order valence-corrected chi connectivity index (χ3v) is 2.20. The van der Waals surface area contributed by atoms with Crippen molar-refractivity contribution < 1.29 is 24.2 Å². The Hall–Kier alpha value is -3.03. The van der Waals surface area contributed by atoms with E-state index < -0.39 is 23.4 Å². The Labute approximate surface area is 105 Å². The molecule has 1 heterocycles. The van der Waals surface area contributed by atoms with Crippen molar-refractivity contribution in [3.63, 3.8) is 0 Å². The summed E-state index contributed by atoms with van der Waals surface area (Å²) >= 11 is 0. The van der Waals surface area contributed by atoms with Gasteiger partial charge in [0.2, 0.25) is 0 Å². The van der Waals surface area contributed by atoms with Crippen molar-refractivity contribution in [2.45, 2.75) is 0 Å². The maximum atomic E-state index is 11.0. The molecule has 0 amide bonds. The van der Waals surface area contributed by atoms with E-state index in [0.29, 0.717) is 11.6 Å². The van der Waals surface area contributed by atoms with Gasteiger partial charge in [0.05, 0.1) is 11.6 Å². The Morgan fingerprint density at radius 3 is 2.68 bits per heavy atom. The summed E-state index contributed by atoms with van der Waals surface area (Å²) in [5, 5.41) is 19.8. The van der Waals surface area contributed by atoms with Gasteiger partial charge in [0, 0.05) is 11.8 Å². The summed E-state index contributed by atoms with van der Waals surface area (Å²) in [7, 11) is 0. The summed E-state index contributed by atoms with van der Waals surface area (Å²) in [6.07, 6.45) is 0.528. The van der Waals surface area contributed by atoms with Crippen LogP contribution in [-0.4, -0.2) is 27.1 Å². The molecule has 4 N–H and O–H groups in total. The molecule has 0 saturated heterocycles. The molecule has 0 spiro atoms. The number of aromatic nitrogens is 1.